The Bertz CT molecular complexity index is 611. The van der Waals surface area contributed by atoms with Gasteiger partial charge in [0.15, 0.2) is 5.96 Å². The summed E-state index contributed by atoms with van der Waals surface area (Å²) in [6.07, 6.45) is -0.183. The molecule has 0 radical (unpaired) electrons. The topological polar surface area (TPSA) is 74.8 Å². The van der Waals surface area contributed by atoms with Crippen LogP contribution < -0.4 is 20.7 Å². The molecule has 6 nitrogen and oxygen atoms in total. The molecule has 0 aromatic heterocycles. The normalized spacial score (nSPS) is 12.6. The number of ether oxygens (including phenoxy) is 1. The zero-order chi connectivity index (χ0) is 19.6. The molecule has 27 heavy (non-hydrogen) atoms. The van der Waals surface area contributed by atoms with Gasteiger partial charge < -0.3 is 20.7 Å². The zero-order valence-electron chi connectivity index (χ0n) is 16.8. The van der Waals surface area contributed by atoms with Crippen LogP contribution in [0.2, 0.25) is 0 Å². The number of benzene rings is 1. The number of nitrogens with one attached hydrogen (secondary N) is 3. The Morgan fingerprint density at radius 2 is 1.89 bits per heavy atom. The van der Waals surface area contributed by atoms with Crippen LogP contribution in [-0.2, 0) is 4.79 Å². The summed E-state index contributed by atoms with van der Waals surface area (Å²) in [7, 11) is 0. The average Bonchev–Trinajstić information content (AvgIpc) is 2.57. The van der Waals surface area contributed by atoms with Crippen LogP contribution in [0.25, 0.3) is 0 Å². The van der Waals surface area contributed by atoms with E-state index < -0.39 is 5.41 Å². The van der Waals surface area contributed by atoms with Gasteiger partial charge >= 0.3 is 0 Å². The van der Waals surface area contributed by atoms with Crippen LogP contribution in [0.15, 0.2) is 29.3 Å². The van der Waals surface area contributed by atoms with E-state index in [1.807, 2.05) is 34.6 Å². The number of rotatable bonds is 9. The van der Waals surface area contributed by atoms with Crippen molar-refractivity contribution in [1.82, 2.24) is 16.0 Å². The third kappa shape index (κ3) is 9.78. The number of hydrogen-bond acceptors (Lipinski definition) is 3. The highest BCUT2D eigenvalue weighted by molar-refractivity contribution is 14.0. The second-order valence-corrected chi connectivity index (χ2v) is 6.71. The lowest BCUT2D eigenvalue weighted by atomic mass is 9.92. The van der Waals surface area contributed by atoms with Gasteiger partial charge in [0.05, 0.1) is 18.5 Å². The number of carbonyl (C=O) groups is 1. The molecule has 1 aromatic carbocycles. The van der Waals surface area contributed by atoms with Crippen molar-refractivity contribution >= 4 is 35.8 Å². The number of halogens is 2. The van der Waals surface area contributed by atoms with Gasteiger partial charge in [-0.3, -0.25) is 9.79 Å². The summed E-state index contributed by atoms with van der Waals surface area (Å²) < 4.78 is 18.9. The minimum atomic E-state index is -0.595. The van der Waals surface area contributed by atoms with Gasteiger partial charge in [-0.2, -0.15) is 0 Å². The smallest absolute Gasteiger partial charge is 0.227 e. The van der Waals surface area contributed by atoms with E-state index in [0.717, 1.165) is 0 Å². The first-order valence-electron chi connectivity index (χ1n) is 9.01. The highest BCUT2D eigenvalue weighted by atomic mass is 127. The van der Waals surface area contributed by atoms with E-state index in [1.165, 1.54) is 12.1 Å². The van der Waals surface area contributed by atoms with Gasteiger partial charge in [0, 0.05) is 19.2 Å². The Hall–Kier alpha value is -1.58. The molecule has 0 aliphatic carbocycles. The molecule has 0 saturated carbocycles. The summed E-state index contributed by atoms with van der Waals surface area (Å²) in [5.74, 6) is 0.741. The minimum absolute atomic E-state index is 0. The van der Waals surface area contributed by atoms with Crippen molar-refractivity contribution in [2.45, 2.75) is 40.7 Å². The number of guanidine groups is 1. The molecule has 154 valence electrons. The Balaban J connectivity index is 0.00000676. The summed E-state index contributed by atoms with van der Waals surface area (Å²) >= 11 is 0. The van der Waals surface area contributed by atoms with Gasteiger partial charge in [0.25, 0.3) is 0 Å². The fourth-order valence-corrected chi connectivity index (χ4v) is 2.14. The van der Waals surface area contributed by atoms with E-state index >= 15 is 0 Å². The van der Waals surface area contributed by atoms with Gasteiger partial charge in [-0.05, 0) is 46.8 Å². The van der Waals surface area contributed by atoms with Crippen LogP contribution in [0.3, 0.4) is 0 Å². The van der Waals surface area contributed by atoms with Crippen LogP contribution in [0.1, 0.15) is 34.6 Å². The van der Waals surface area contributed by atoms with Gasteiger partial charge in [0.2, 0.25) is 5.91 Å². The molecule has 0 fully saturated rings. The fraction of sp³-hybridized carbons (Fsp3) is 0.579. The van der Waals surface area contributed by atoms with Gasteiger partial charge in [-0.15, -0.1) is 24.0 Å². The molecule has 3 N–H and O–H groups in total. The molecule has 1 rings (SSSR count). The first-order chi connectivity index (χ1) is 12.3. The molecular formula is C19H32FIN4O2. The first-order valence-corrected chi connectivity index (χ1v) is 9.01. The summed E-state index contributed by atoms with van der Waals surface area (Å²) in [4.78, 5) is 16.6. The molecule has 0 bridgehead atoms. The Kier molecular flexibility index (Phi) is 12.0. The molecule has 1 aromatic rings. The second-order valence-electron chi connectivity index (χ2n) is 6.71. The van der Waals surface area contributed by atoms with Crippen molar-refractivity contribution in [2.75, 3.05) is 26.2 Å². The molecule has 1 atom stereocenters. The minimum Gasteiger partial charge on any atom is -0.489 e. The summed E-state index contributed by atoms with van der Waals surface area (Å²) in [5, 5.41) is 9.16. The molecule has 1 unspecified atom stereocenters. The third-order valence-electron chi connectivity index (χ3n) is 3.62. The third-order valence-corrected chi connectivity index (χ3v) is 3.62. The second kappa shape index (κ2) is 12.7. The zero-order valence-corrected chi connectivity index (χ0v) is 19.1. The van der Waals surface area contributed by atoms with Crippen molar-refractivity contribution in [3.05, 3.63) is 30.1 Å². The number of aliphatic imine (C=N–C) groups is 1. The van der Waals surface area contributed by atoms with Crippen molar-refractivity contribution in [2.24, 2.45) is 10.4 Å². The van der Waals surface area contributed by atoms with Crippen LogP contribution >= 0.6 is 24.0 Å². The predicted molar refractivity (Wildman–Crippen MR) is 118 cm³/mol. The molecule has 0 saturated heterocycles. The SMILES string of the molecule is CCNC(=O)C(C)(C)CN=C(NCC)NCC(C)Oc1cccc(F)c1.I. The Morgan fingerprint density at radius 3 is 2.48 bits per heavy atom. The molecule has 0 heterocycles. The largest absolute Gasteiger partial charge is 0.489 e. The van der Waals surface area contributed by atoms with Crippen LogP contribution in [-0.4, -0.2) is 44.1 Å². The molecule has 8 heteroatoms. The fourth-order valence-electron chi connectivity index (χ4n) is 2.14. The Morgan fingerprint density at radius 1 is 1.22 bits per heavy atom. The molecule has 0 aliphatic rings. The van der Waals surface area contributed by atoms with Gasteiger partial charge in [-0.25, -0.2) is 4.39 Å². The van der Waals surface area contributed by atoms with Gasteiger partial charge in [0.1, 0.15) is 17.7 Å². The lowest BCUT2D eigenvalue weighted by Crippen LogP contribution is -2.44. The number of nitrogens with zero attached hydrogens (tertiary/aromatic N) is 1. The van der Waals surface area contributed by atoms with E-state index in [-0.39, 0.29) is 41.8 Å². The Labute approximate surface area is 178 Å². The molecule has 0 aliphatic heterocycles. The monoisotopic (exact) mass is 494 g/mol. The predicted octanol–water partition coefficient (Wildman–Crippen LogP) is 2.93. The van der Waals surface area contributed by atoms with Crippen LogP contribution in [0.5, 0.6) is 5.75 Å². The summed E-state index contributed by atoms with van der Waals surface area (Å²) in [6, 6.07) is 6.06. The average molecular weight is 494 g/mol. The van der Waals surface area contributed by atoms with E-state index in [2.05, 4.69) is 20.9 Å². The highest BCUT2D eigenvalue weighted by Gasteiger charge is 2.26. The van der Waals surface area contributed by atoms with Crippen LogP contribution in [0, 0.1) is 11.2 Å². The maximum absolute atomic E-state index is 13.2. The van der Waals surface area contributed by atoms with E-state index in [9.17, 15) is 9.18 Å². The van der Waals surface area contributed by atoms with E-state index in [1.54, 1.807) is 12.1 Å². The van der Waals surface area contributed by atoms with E-state index in [4.69, 9.17) is 4.74 Å². The maximum atomic E-state index is 13.2. The molecular weight excluding hydrogens is 462 g/mol. The standard InChI is InChI=1S/C19H31FN4O2.HI/c1-6-21-17(25)19(4,5)13-24-18(22-7-2)23-12-14(3)26-16-10-8-9-15(20)11-16;/h8-11,14H,6-7,12-13H2,1-5H3,(H,21,25)(H2,22,23,24);1H. The van der Waals surface area contributed by atoms with Crippen molar-refractivity contribution in [3.63, 3.8) is 0 Å². The van der Waals surface area contributed by atoms with Crippen LogP contribution in [0.4, 0.5) is 4.39 Å². The van der Waals surface area contributed by atoms with E-state index in [0.29, 0.717) is 37.9 Å². The lowest BCUT2D eigenvalue weighted by molar-refractivity contribution is -0.128. The number of amides is 1. The van der Waals surface area contributed by atoms with Crippen molar-refractivity contribution < 1.29 is 13.9 Å². The number of hydrogen-bond donors (Lipinski definition) is 3. The quantitative estimate of drug-likeness (QED) is 0.281. The highest BCUT2D eigenvalue weighted by Crippen LogP contribution is 2.15. The molecule has 0 spiro atoms. The lowest BCUT2D eigenvalue weighted by Gasteiger charge is -2.22. The first kappa shape index (κ1) is 25.4. The van der Waals surface area contributed by atoms with Crippen molar-refractivity contribution in [1.29, 1.82) is 0 Å². The maximum Gasteiger partial charge on any atom is 0.227 e. The van der Waals surface area contributed by atoms with Crippen molar-refractivity contribution in [3.8, 4) is 5.75 Å². The summed E-state index contributed by atoms with van der Waals surface area (Å²) in [5.41, 5.74) is -0.595. The summed E-state index contributed by atoms with van der Waals surface area (Å²) in [6.45, 7) is 11.6. The van der Waals surface area contributed by atoms with Gasteiger partial charge in [-0.1, -0.05) is 6.07 Å². The number of carbonyl (C=O) groups excluding carboxylic acids is 1. The molecule has 1 amide bonds.